The summed E-state index contributed by atoms with van der Waals surface area (Å²) in [7, 11) is 0. The van der Waals surface area contributed by atoms with Gasteiger partial charge in [0.1, 0.15) is 11.6 Å². The van der Waals surface area contributed by atoms with Gasteiger partial charge in [0.05, 0.1) is 5.69 Å². The Morgan fingerprint density at radius 2 is 2.00 bits per heavy atom. The van der Waals surface area contributed by atoms with Gasteiger partial charge in [-0.1, -0.05) is 12.1 Å². The minimum absolute atomic E-state index is 0.203. The Kier molecular flexibility index (Phi) is 4.63. The second-order valence-electron chi connectivity index (χ2n) is 6.91. The Balaban J connectivity index is 1.61. The molecule has 2 saturated heterocycles. The molecule has 4 nitrogen and oxygen atoms in total. The zero-order valence-electron chi connectivity index (χ0n) is 14.0. The minimum atomic E-state index is -0.203. The maximum atomic E-state index is 13.6. The molecule has 2 aliphatic rings. The van der Waals surface area contributed by atoms with Crippen LogP contribution in [0.25, 0.3) is 11.3 Å². The van der Waals surface area contributed by atoms with E-state index in [9.17, 15) is 4.39 Å². The van der Waals surface area contributed by atoms with E-state index in [1.165, 1.54) is 31.4 Å². The summed E-state index contributed by atoms with van der Waals surface area (Å²) in [5, 5.41) is 3.42. The van der Waals surface area contributed by atoms with Gasteiger partial charge < -0.3 is 14.8 Å². The molecule has 0 unspecified atom stereocenters. The molecule has 128 valence electrons. The van der Waals surface area contributed by atoms with Crippen molar-refractivity contribution in [2.75, 3.05) is 32.7 Å². The van der Waals surface area contributed by atoms with Crippen molar-refractivity contribution >= 4 is 0 Å². The van der Waals surface area contributed by atoms with E-state index in [4.69, 9.17) is 4.98 Å². The molecular weight excluding hydrogens is 303 g/mol. The summed E-state index contributed by atoms with van der Waals surface area (Å²) in [6, 6.07) is 6.76. The van der Waals surface area contributed by atoms with Gasteiger partial charge in [-0.15, -0.1) is 0 Å². The van der Waals surface area contributed by atoms with Gasteiger partial charge in [0.25, 0.3) is 0 Å². The van der Waals surface area contributed by atoms with Crippen molar-refractivity contribution < 1.29 is 4.39 Å². The summed E-state index contributed by atoms with van der Waals surface area (Å²) < 4.78 is 15.9. The van der Waals surface area contributed by atoms with Crippen molar-refractivity contribution in [1.82, 2.24) is 19.8 Å². The van der Waals surface area contributed by atoms with Gasteiger partial charge in [0.15, 0.2) is 0 Å². The number of benzene rings is 1. The third-order valence-corrected chi connectivity index (χ3v) is 5.24. The lowest BCUT2D eigenvalue weighted by Gasteiger charge is -2.31. The van der Waals surface area contributed by atoms with Crippen LogP contribution in [-0.2, 0) is 6.54 Å². The first-order valence-electron chi connectivity index (χ1n) is 9.06. The lowest BCUT2D eigenvalue weighted by atomic mass is 9.97. The summed E-state index contributed by atoms with van der Waals surface area (Å²) in [6.07, 6.45) is 5.69. The first-order chi connectivity index (χ1) is 11.8. The van der Waals surface area contributed by atoms with Crippen LogP contribution in [0.4, 0.5) is 4.39 Å². The van der Waals surface area contributed by atoms with E-state index >= 15 is 0 Å². The number of hydrogen-bond acceptors (Lipinski definition) is 3. The van der Waals surface area contributed by atoms with Gasteiger partial charge >= 0.3 is 0 Å². The number of aromatic nitrogens is 2. The van der Waals surface area contributed by atoms with Crippen molar-refractivity contribution in [2.45, 2.75) is 31.7 Å². The van der Waals surface area contributed by atoms with Crippen LogP contribution < -0.4 is 5.32 Å². The Morgan fingerprint density at radius 1 is 1.17 bits per heavy atom. The number of imidazole rings is 1. The van der Waals surface area contributed by atoms with Crippen LogP contribution in [0.3, 0.4) is 0 Å². The van der Waals surface area contributed by atoms with Crippen LogP contribution in [0.5, 0.6) is 0 Å². The van der Waals surface area contributed by atoms with Crippen molar-refractivity contribution in [2.24, 2.45) is 0 Å². The fourth-order valence-electron chi connectivity index (χ4n) is 3.66. The first-order valence-corrected chi connectivity index (χ1v) is 9.06. The minimum Gasteiger partial charge on any atom is -0.333 e. The molecule has 1 aromatic heterocycles. The SMILES string of the molecule is Fc1cccc(-c2cn(CCN3CCC3)c(C3CCNCC3)n2)c1. The standard InChI is InChI=1S/C19H25FN4/c20-17-4-1-3-16(13-17)18-14-24(12-11-23-9-2-10-23)19(22-18)15-5-7-21-8-6-15/h1,3-4,13-15,21H,2,5-12H2. The molecular formula is C19H25FN4. The summed E-state index contributed by atoms with van der Waals surface area (Å²) in [5.41, 5.74) is 1.76. The zero-order chi connectivity index (χ0) is 16.4. The number of hydrogen-bond donors (Lipinski definition) is 1. The largest absolute Gasteiger partial charge is 0.333 e. The van der Waals surface area contributed by atoms with E-state index in [0.29, 0.717) is 5.92 Å². The average molecular weight is 328 g/mol. The van der Waals surface area contributed by atoms with Crippen LogP contribution in [0, 0.1) is 5.82 Å². The fourth-order valence-corrected chi connectivity index (χ4v) is 3.66. The van der Waals surface area contributed by atoms with E-state index in [2.05, 4.69) is 21.0 Å². The smallest absolute Gasteiger partial charge is 0.123 e. The quantitative estimate of drug-likeness (QED) is 0.916. The second kappa shape index (κ2) is 7.03. The van der Waals surface area contributed by atoms with Crippen LogP contribution in [0.2, 0.25) is 0 Å². The molecule has 2 aromatic rings. The first kappa shape index (κ1) is 15.8. The van der Waals surface area contributed by atoms with Gasteiger partial charge in [0.2, 0.25) is 0 Å². The van der Waals surface area contributed by atoms with Crippen molar-refractivity contribution in [3.63, 3.8) is 0 Å². The molecule has 24 heavy (non-hydrogen) atoms. The van der Waals surface area contributed by atoms with Crippen LogP contribution in [-0.4, -0.2) is 47.2 Å². The highest BCUT2D eigenvalue weighted by atomic mass is 19.1. The molecule has 0 amide bonds. The second-order valence-corrected chi connectivity index (χ2v) is 6.91. The average Bonchev–Trinajstić information content (AvgIpc) is 2.99. The zero-order valence-corrected chi connectivity index (χ0v) is 14.0. The summed E-state index contributed by atoms with van der Waals surface area (Å²) in [5.74, 6) is 1.48. The predicted molar refractivity (Wildman–Crippen MR) is 93.5 cm³/mol. The van der Waals surface area contributed by atoms with Crippen molar-refractivity contribution in [3.05, 3.63) is 42.1 Å². The highest BCUT2D eigenvalue weighted by Crippen LogP contribution is 2.28. The molecule has 0 saturated carbocycles. The van der Waals surface area contributed by atoms with Crippen LogP contribution in [0.1, 0.15) is 31.0 Å². The Labute approximate surface area is 142 Å². The van der Waals surface area contributed by atoms with Crippen molar-refractivity contribution in [1.29, 1.82) is 0 Å². The normalized spacial score (nSPS) is 19.4. The number of nitrogens with zero attached hydrogens (tertiary/aromatic N) is 3. The number of nitrogens with one attached hydrogen (secondary N) is 1. The van der Waals surface area contributed by atoms with E-state index in [1.54, 1.807) is 12.1 Å². The molecule has 3 heterocycles. The lowest BCUT2D eigenvalue weighted by Crippen LogP contribution is -2.39. The van der Waals surface area contributed by atoms with Gasteiger partial charge in [-0.2, -0.15) is 0 Å². The van der Waals surface area contributed by atoms with Crippen molar-refractivity contribution in [3.8, 4) is 11.3 Å². The Bertz CT molecular complexity index is 686. The van der Waals surface area contributed by atoms with E-state index in [1.807, 2.05) is 6.07 Å². The van der Waals surface area contributed by atoms with Crippen LogP contribution in [0.15, 0.2) is 30.5 Å². The van der Waals surface area contributed by atoms with Gasteiger partial charge in [-0.25, -0.2) is 9.37 Å². The Hall–Kier alpha value is -1.72. The van der Waals surface area contributed by atoms with E-state index in [-0.39, 0.29) is 5.82 Å². The topological polar surface area (TPSA) is 33.1 Å². The number of rotatable bonds is 5. The summed E-state index contributed by atoms with van der Waals surface area (Å²) in [6.45, 7) is 6.60. The highest BCUT2D eigenvalue weighted by molar-refractivity contribution is 5.58. The molecule has 0 atom stereocenters. The number of halogens is 1. The molecule has 0 radical (unpaired) electrons. The van der Waals surface area contributed by atoms with Crippen LogP contribution >= 0.6 is 0 Å². The van der Waals surface area contributed by atoms with Gasteiger partial charge in [0, 0.05) is 30.8 Å². The third-order valence-electron chi connectivity index (χ3n) is 5.24. The Morgan fingerprint density at radius 3 is 2.71 bits per heavy atom. The maximum absolute atomic E-state index is 13.6. The summed E-state index contributed by atoms with van der Waals surface area (Å²) in [4.78, 5) is 7.40. The molecule has 1 aromatic carbocycles. The fraction of sp³-hybridized carbons (Fsp3) is 0.526. The third kappa shape index (κ3) is 3.37. The van der Waals surface area contributed by atoms with Gasteiger partial charge in [-0.3, -0.25) is 0 Å². The lowest BCUT2D eigenvalue weighted by molar-refractivity contribution is 0.173. The monoisotopic (exact) mass is 328 g/mol. The highest BCUT2D eigenvalue weighted by Gasteiger charge is 2.22. The van der Waals surface area contributed by atoms with Gasteiger partial charge in [-0.05, 0) is 57.6 Å². The number of likely N-dealkylation sites (tertiary alicyclic amines) is 1. The predicted octanol–water partition coefficient (Wildman–Crippen LogP) is 2.86. The van der Waals surface area contributed by atoms with E-state index < -0.39 is 0 Å². The molecule has 0 bridgehead atoms. The molecule has 0 spiro atoms. The molecule has 0 aliphatic carbocycles. The number of piperidine rings is 1. The molecule has 2 aliphatic heterocycles. The maximum Gasteiger partial charge on any atom is 0.123 e. The van der Waals surface area contributed by atoms with E-state index in [0.717, 1.165) is 50.3 Å². The molecule has 2 fully saturated rings. The summed E-state index contributed by atoms with van der Waals surface area (Å²) >= 11 is 0. The molecule has 5 heteroatoms. The molecule has 1 N–H and O–H groups in total. The molecule has 4 rings (SSSR count).